The summed E-state index contributed by atoms with van der Waals surface area (Å²) < 4.78 is 44.8. The van der Waals surface area contributed by atoms with Crippen LogP contribution < -0.4 is 23.8 Å². The summed E-state index contributed by atoms with van der Waals surface area (Å²) in [5.41, 5.74) is 1.05. The minimum Gasteiger partial charge on any atom is -0.497 e. The van der Waals surface area contributed by atoms with Crippen molar-refractivity contribution >= 4 is 27.5 Å². The molecule has 0 unspecified atom stereocenters. The lowest BCUT2D eigenvalue weighted by Crippen LogP contribution is -2.51. The van der Waals surface area contributed by atoms with Gasteiger partial charge in [-0.1, -0.05) is 37.3 Å². The van der Waals surface area contributed by atoms with E-state index in [1.54, 1.807) is 68.6 Å². The van der Waals surface area contributed by atoms with E-state index in [0.717, 1.165) is 16.3 Å². The Balaban J connectivity index is 2.02. The second-order valence-corrected chi connectivity index (χ2v) is 11.1. The monoisotopic (exact) mass is 583 g/mol. The van der Waals surface area contributed by atoms with Gasteiger partial charge >= 0.3 is 0 Å². The number of rotatable bonds is 14. The molecule has 3 aromatic carbocycles. The molecule has 0 heterocycles. The first kappa shape index (κ1) is 31.3. The number of nitrogens with zero attached hydrogens (tertiary/aromatic N) is 2. The zero-order valence-corrected chi connectivity index (χ0v) is 24.8. The van der Waals surface area contributed by atoms with Crippen molar-refractivity contribution < 1.29 is 32.2 Å². The molecule has 0 aliphatic rings. The van der Waals surface area contributed by atoms with E-state index in [1.165, 1.54) is 37.3 Å². The molecule has 0 bridgehead atoms. The van der Waals surface area contributed by atoms with Crippen LogP contribution in [-0.4, -0.2) is 65.6 Å². The predicted octanol–water partition coefficient (Wildman–Crippen LogP) is 3.85. The number of nitrogens with one attached hydrogen (secondary N) is 1. The fraction of sp³-hybridized carbons (Fsp3) is 0.333. The van der Waals surface area contributed by atoms with Gasteiger partial charge < -0.3 is 24.4 Å². The van der Waals surface area contributed by atoms with Crippen molar-refractivity contribution in [3.8, 4) is 17.2 Å². The Morgan fingerprint density at radius 1 is 0.878 bits per heavy atom. The van der Waals surface area contributed by atoms with Crippen LogP contribution in [-0.2, 0) is 26.2 Å². The number of hydrogen-bond donors (Lipinski definition) is 1. The molecule has 0 aliphatic heterocycles. The molecule has 41 heavy (non-hydrogen) atoms. The topological polar surface area (TPSA) is 114 Å². The van der Waals surface area contributed by atoms with Crippen LogP contribution in [0.3, 0.4) is 0 Å². The highest BCUT2D eigenvalue weighted by atomic mass is 32.2. The zero-order valence-electron chi connectivity index (χ0n) is 24.0. The van der Waals surface area contributed by atoms with Gasteiger partial charge in [0.2, 0.25) is 11.8 Å². The number of amides is 2. The average molecular weight is 584 g/mol. The molecule has 3 rings (SSSR count). The van der Waals surface area contributed by atoms with Gasteiger partial charge in [0.05, 0.1) is 31.9 Å². The predicted molar refractivity (Wildman–Crippen MR) is 157 cm³/mol. The summed E-state index contributed by atoms with van der Waals surface area (Å²) >= 11 is 0. The number of hydrogen-bond acceptors (Lipinski definition) is 7. The molecule has 220 valence electrons. The van der Waals surface area contributed by atoms with Crippen molar-refractivity contribution in [1.29, 1.82) is 0 Å². The first-order chi connectivity index (χ1) is 19.7. The molecule has 0 radical (unpaired) electrons. The van der Waals surface area contributed by atoms with Crippen LogP contribution in [0.4, 0.5) is 5.69 Å². The number of para-hydroxylation sites is 1. The minimum absolute atomic E-state index is 0.0813. The van der Waals surface area contributed by atoms with Crippen molar-refractivity contribution in [2.45, 2.75) is 37.8 Å². The van der Waals surface area contributed by atoms with Gasteiger partial charge in [0.15, 0.2) is 11.5 Å². The van der Waals surface area contributed by atoms with E-state index in [-0.39, 0.29) is 23.1 Å². The largest absolute Gasteiger partial charge is 0.497 e. The Morgan fingerprint density at radius 3 is 2.12 bits per heavy atom. The number of benzene rings is 3. The molecular formula is C30H37N3O7S. The van der Waals surface area contributed by atoms with Gasteiger partial charge in [0, 0.05) is 19.2 Å². The number of carbonyl (C=O) groups excluding carboxylic acids is 2. The van der Waals surface area contributed by atoms with Crippen LogP contribution in [0.1, 0.15) is 25.8 Å². The molecule has 3 aromatic rings. The van der Waals surface area contributed by atoms with Crippen molar-refractivity contribution in [2.75, 3.05) is 38.7 Å². The molecule has 0 fully saturated rings. The highest BCUT2D eigenvalue weighted by Gasteiger charge is 2.33. The SMILES string of the molecule is CCCNC(=O)[C@H](C)N(Cc1ccc(OC)cc1)C(=O)CN(c1ccccc1)S(=O)(=O)c1ccc(OC)c(OC)c1. The number of ether oxygens (including phenoxy) is 3. The van der Waals surface area contributed by atoms with Crippen molar-refractivity contribution in [3.05, 3.63) is 78.4 Å². The van der Waals surface area contributed by atoms with E-state index in [1.807, 2.05) is 6.92 Å². The number of methoxy groups -OCH3 is 3. The summed E-state index contributed by atoms with van der Waals surface area (Å²) in [6, 6.07) is 18.8. The Morgan fingerprint density at radius 2 is 1.54 bits per heavy atom. The summed E-state index contributed by atoms with van der Waals surface area (Å²) in [4.78, 5) is 28.2. The van der Waals surface area contributed by atoms with Gasteiger partial charge in [-0.25, -0.2) is 8.42 Å². The van der Waals surface area contributed by atoms with Gasteiger partial charge in [0.25, 0.3) is 10.0 Å². The quantitative estimate of drug-likeness (QED) is 0.307. The zero-order chi connectivity index (χ0) is 30.0. The Kier molecular flexibility index (Phi) is 11.0. The second kappa shape index (κ2) is 14.4. The van der Waals surface area contributed by atoms with E-state index in [9.17, 15) is 18.0 Å². The van der Waals surface area contributed by atoms with Crippen LogP contribution >= 0.6 is 0 Å². The highest BCUT2D eigenvalue weighted by Crippen LogP contribution is 2.32. The molecule has 2 amide bonds. The van der Waals surface area contributed by atoms with Crippen LogP contribution in [0, 0.1) is 0 Å². The van der Waals surface area contributed by atoms with Gasteiger partial charge in [-0.3, -0.25) is 13.9 Å². The van der Waals surface area contributed by atoms with E-state index in [4.69, 9.17) is 14.2 Å². The van der Waals surface area contributed by atoms with Gasteiger partial charge in [-0.15, -0.1) is 0 Å². The lowest BCUT2D eigenvalue weighted by molar-refractivity contribution is -0.139. The van der Waals surface area contributed by atoms with E-state index < -0.39 is 28.5 Å². The molecular weight excluding hydrogens is 546 g/mol. The van der Waals surface area contributed by atoms with Gasteiger partial charge in [0.1, 0.15) is 18.3 Å². The lowest BCUT2D eigenvalue weighted by atomic mass is 10.1. The first-order valence-electron chi connectivity index (χ1n) is 13.2. The van der Waals surface area contributed by atoms with Crippen molar-refractivity contribution in [1.82, 2.24) is 10.2 Å². The highest BCUT2D eigenvalue weighted by molar-refractivity contribution is 7.92. The first-order valence-corrected chi connectivity index (χ1v) is 14.6. The van der Waals surface area contributed by atoms with Crippen molar-refractivity contribution in [3.63, 3.8) is 0 Å². The molecule has 0 aliphatic carbocycles. The summed E-state index contributed by atoms with van der Waals surface area (Å²) in [7, 11) is 0.174. The summed E-state index contributed by atoms with van der Waals surface area (Å²) in [5, 5.41) is 2.83. The maximum atomic E-state index is 14.0. The smallest absolute Gasteiger partial charge is 0.264 e. The fourth-order valence-corrected chi connectivity index (χ4v) is 5.56. The van der Waals surface area contributed by atoms with E-state index in [2.05, 4.69) is 5.32 Å². The van der Waals surface area contributed by atoms with Crippen LogP contribution in [0.5, 0.6) is 17.2 Å². The summed E-state index contributed by atoms with van der Waals surface area (Å²) in [5.74, 6) is 0.369. The third-order valence-corrected chi connectivity index (χ3v) is 8.26. The molecule has 1 N–H and O–H groups in total. The van der Waals surface area contributed by atoms with Crippen LogP contribution in [0.15, 0.2) is 77.7 Å². The minimum atomic E-state index is -4.25. The van der Waals surface area contributed by atoms with E-state index in [0.29, 0.717) is 23.7 Å². The number of sulfonamides is 1. The Bertz CT molecular complexity index is 1410. The summed E-state index contributed by atoms with van der Waals surface area (Å²) in [6.45, 7) is 3.56. The standard InChI is InChI=1S/C30H37N3O7S/c1-6-18-31-30(35)22(2)32(20-23-12-14-25(38-3)15-13-23)29(34)21-33(24-10-8-7-9-11-24)41(36,37)26-16-17-27(39-4)28(19-26)40-5/h7-17,19,22H,6,18,20-21H2,1-5H3,(H,31,35)/t22-/m0/s1. The molecule has 11 heteroatoms. The number of anilines is 1. The van der Waals surface area contributed by atoms with Gasteiger partial charge in [-0.2, -0.15) is 0 Å². The van der Waals surface area contributed by atoms with Gasteiger partial charge in [-0.05, 0) is 55.3 Å². The maximum absolute atomic E-state index is 14.0. The molecule has 10 nitrogen and oxygen atoms in total. The molecule has 0 saturated carbocycles. The fourth-order valence-electron chi connectivity index (χ4n) is 4.13. The van der Waals surface area contributed by atoms with Crippen molar-refractivity contribution in [2.24, 2.45) is 0 Å². The second-order valence-electron chi connectivity index (χ2n) is 9.20. The molecule has 0 saturated heterocycles. The lowest BCUT2D eigenvalue weighted by Gasteiger charge is -2.32. The summed E-state index contributed by atoms with van der Waals surface area (Å²) in [6.07, 6.45) is 0.732. The Hall–Kier alpha value is -4.25. The molecule has 0 aromatic heterocycles. The third kappa shape index (κ3) is 7.69. The molecule has 0 spiro atoms. The average Bonchev–Trinajstić information content (AvgIpc) is 3.00. The third-order valence-electron chi connectivity index (χ3n) is 6.49. The normalized spacial score (nSPS) is 11.7. The van der Waals surface area contributed by atoms with E-state index >= 15 is 0 Å². The maximum Gasteiger partial charge on any atom is 0.264 e. The Labute approximate surface area is 241 Å². The molecule has 1 atom stereocenters. The van der Waals surface area contributed by atoms with Crippen LogP contribution in [0.2, 0.25) is 0 Å². The number of carbonyl (C=O) groups is 2. The van der Waals surface area contributed by atoms with Crippen LogP contribution in [0.25, 0.3) is 0 Å².